The van der Waals surface area contributed by atoms with E-state index in [9.17, 15) is 9.59 Å². The predicted octanol–water partition coefficient (Wildman–Crippen LogP) is 4.71. The Morgan fingerprint density at radius 1 is 0.868 bits per heavy atom. The number of nitrogens with zero attached hydrogens (tertiary/aromatic N) is 1. The average molecular weight is 512 g/mol. The number of amides is 2. The van der Waals surface area contributed by atoms with Crippen molar-refractivity contribution in [3.8, 4) is 17.2 Å². The van der Waals surface area contributed by atoms with Crippen LogP contribution in [0.25, 0.3) is 10.8 Å². The van der Waals surface area contributed by atoms with Gasteiger partial charge in [0, 0.05) is 18.5 Å². The molecule has 0 aliphatic heterocycles. The summed E-state index contributed by atoms with van der Waals surface area (Å²) in [6.07, 6.45) is 1.61. The highest BCUT2D eigenvalue weighted by molar-refractivity contribution is 5.94. The highest BCUT2D eigenvalue weighted by atomic mass is 16.5. The molecule has 0 bridgehead atoms. The Labute approximate surface area is 221 Å². The van der Waals surface area contributed by atoms with E-state index in [2.05, 4.69) is 34.0 Å². The second kappa shape index (κ2) is 12.9. The minimum atomic E-state index is -0.321. The van der Waals surface area contributed by atoms with Gasteiger partial charge >= 0.3 is 0 Å². The van der Waals surface area contributed by atoms with Crippen molar-refractivity contribution in [2.45, 2.75) is 13.0 Å². The average Bonchev–Trinajstić information content (AvgIpc) is 2.96. The molecule has 4 rings (SSSR count). The molecule has 0 fully saturated rings. The molecule has 38 heavy (non-hydrogen) atoms. The van der Waals surface area contributed by atoms with Crippen molar-refractivity contribution in [2.75, 3.05) is 20.8 Å². The lowest BCUT2D eigenvalue weighted by atomic mass is 10.1. The third-order valence-corrected chi connectivity index (χ3v) is 5.84. The highest BCUT2D eigenvalue weighted by Crippen LogP contribution is 2.29. The molecular formula is C30H29N3O5. The molecule has 4 aromatic rings. The van der Waals surface area contributed by atoms with E-state index in [1.165, 1.54) is 6.21 Å². The van der Waals surface area contributed by atoms with Crippen LogP contribution in [0.3, 0.4) is 0 Å². The van der Waals surface area contributed by atoms with Crippen LogP contribution >= 0.6 is 0 Å². The Balaban J connectivity index is 1.26. The first-order chi connectivity index (χ1) is 18.6. The second-order valence-corrected chi connectivity index (χ2v) is 8.36. The van der Waals surface area contributed by atoms with Gasteiger partial charge in [0.25, 0.3) is 5.91 Å². The Morgan fingerprint density at radius 2 is 1.66 bits per heavy atom. The van der Waals surface area contributed by atoms with E-state index < -0.39 is 0 Å². The van der Waals surface area contributed by atoms with E-state index in [-0.39, 0.29) is 24.8 Å². The maximum atomic E-state index is 12.2. The summed E-state index contributed by atoms with van der Waals surface area (Å²) in [5, 5.41) is 9.02. The van der Waals surface area contributed by atoms with Crippen LogP contribution in [0.5, 0.6) is 17.2 Å². The van der Waals surface area contributed by atoms with Gasteiger partial charge in [-0.15, -0.1) is 0 Å². The van der Waals surface area contributed by atoms with Gasteiger partial charge in [-0.25, -0.2) is 5.43 Å². The molecule has 8 heteroatoms. The van der Waals surface area contributed by atoms with Gasteiger partial charge in [-0.1, -0.05) is 42.5 Å². The summed E-state index contributed by atoms with van der Waals surface area (Å²) in [5.41, 5.74) is 4.77. The summed E-state index contributed by atoms with van der Waals surface area (Å²) in [6, 6.07) is 26.5. The first kappa shape index (κ1) is 26.2. The maximum absolute atomic E-state index is 12.2. The van der Waals surface area contributed by atoms with E-state index in [1.807, 2.05) is 36.4 Å². The fourth-order valence-electron chi connectivity index (χ4n) is 3.83. The third-order valence-electron chi connectivity index (χ3n) is 5.84. The van der Waals surface area contributed by atoms with Crippen molar-refractivity contribution in [1.29, 1.82) is 0 Å². The smallest absolute Gasteiger partial charge is 0.251 e. The number of carbonyl (C=O) groups excluding carboxylic acids is 2. The van der Waals surface area contributed by atoms with Gasteiger partial charge in [-0.2, -0.15) is 5.10 Å². The van der Waals surface area contributed by atoms with Crippen molar-refractivity contribution in [2.24, 2.45) is 5.10 Å². The van der Waals surface area contributed by atoms with Gasteiger partial charge in [-0.05, 0) is 64.4 Å². The van der Waals surface area contributed by atoms with Crippen LogP contribution in [0.1, 0.15) is 27.9 Å². The number of methoxy groups -OCH3 is 2. The quantitative estimate of drug-likeness (QED) is 0.225. The van der Waals surface area contributed by atoms with Crippen LogP contribution < -0.4 is 25.0 Å². The molecule has 0 aliphatic carbocycles. The Bertz CT molecular complexity index is 1430. The molecule has 4 aromatic carbocycles. The van der Waals surface area contributed by atoms with Crippen molar-refractivity contribution in [3.63, 3.8) is 0 Å². The number of hydrogen-bond donors (Lipinski definition) is 2. The molecule has 2 amide bonds. The van der Waals surface area contributed by atoms with Crippen LogP contribution in [-0.2, 0) is 11.4 Å². The number of benzene rings is 4. The normalized spacial score (nSPS) is 10.8. The zero-order valence-corrected chi connectivity index (χ0v) is 21.3. The molecule has 0 atom stereocenters. The Kier molecular flexibility index (Phi) is 8.91. The van der Waals surface area contributed by atoms with Crippen molar-refractivity contribution in [1.82, 2.24) is 10.7 Å². The largest absolute Gasteiger partial charge is 0.497 e. The predicted molar refractivity (Wildman–Crippen MR) is 147 cm³/mol. The van der Waals surface area contributed by atoms with E-state index in [0.717, 1.165) is 21.9 Å². The number of hydrazone groups is 1. The maximum Gasteiger partial charge on any atom is 0.251 e. The van der Waals surface area contributed by atoms with Gasteiger partial charge in [0.15, 0.2) is 11.5 Å². The number of nitrogens with one attached hydrogen (secondary N) is 2. The summed E-state index contributed by atoms with van der Waals surface area (Å²) in [4.78, 5) is 24.3. The summed E-state index contributed by atoms with van der Waals surface area (Å²) in [6.45, 7) is 0.582. The Hall–Kier alpha value is -4.85. The van der Waals surface area contributed by atoms with Gasteiger partial charge < -0.3 is 19.5 Å². The fourth-order valence-corrected chi connectivity index (χ4v) is 3.83. The molecular weight excluding hydrogens is 482 g/mol. The van der Waals surface area contributed by atoms with Crippen LogP contribution in [0.4, 0.5) is 0 Å². The van der Waals surface area contributed by atoms with Crippen LogP contribution in [-0.4, -0.2) is 38.8 Å². The Morgan fingerprint density at radius 3 is 2.45 bits per heavy atom. The molecule has 194 valence electrons. The van der Waals surface area contributed by atoms with E-state index in [1.54, 1.807) is 44.6 Å². The molecule has 8 nitrogen and oxygen atoms in total. The summed E-state index contributed by atoms with van der Waals surface area (Å²) in [7, 11) is 3.13. The molecule has 0 unspecified atom stereocenters. The standard InChI is InChI=1S/C30H29N3O5/c1-36-25-13-11-23(12-14-25)30(35)31-17-16-29(34)33-32-19-21-10-15-27(28(18-21)37-2)38-20-24-8-5-7-22-6-3-4-9-26(22)24/h3-15,18-19H,16-17,20H2,1-2H3,(H,31,35)(H,33,34). The number of fused-ring (bicyclic) bond motifs is 1. The molecule has 0 saturated heterocycles. The topological polar surface area (TPSA) is 98.2 Å². The molecule has 0 aromatic heterocycles. The highest BCUT2D eigenvalue weighted by Gasteiger charge is 2.09. The van der Waals surface area contributed by atoms with Crippen LogP contribution in [0.2, 0.25) is 0 Å². The lowest BCUT2D eigenvalue weighted by Gasteiger charge is -2.12. The zero-order chi connectivity index (χ0) is 26.7. The van der Waals surface area contributed by atoms with Crippen LogP contribution in [0, 0.1) is 0 Å². The van der Waals surface area contributed by atoms with Gasteiger partial charge in [0.2, 0.25) is 5.91 Å². The zero-order valence-electron chi connectivity index (χ0n) is 21.3. The first-order valence-electron chi connectivity index (χ1n) is 12.1. The van der Waals surface area contributed by atoms with Crippen LogP contribution in [0.15, 0.2) is 90.0 Å². The second-order valence-electron chi connectivity index (χ2n) is 8.36. The van der Waals surface area contributed by atoms with Gasteiger partial charge in [0.1, 0.15) is 12.4 Å². The van der Waals surface area contributed by atoms with E-state index in [4.69, 9.17) is 14.2 Å². The van der Waals surface area contributed by atoms with E-state index in [0.29, 0.717) is 29.4 Å². The fraction of sp³-hybridized carbons (Fsp3) is 0.167. The molecule has 0 radical (unpaired) electrons. The monoisotopic (exact) mass is 511 g/mol. The summed E-state index contributed by atoms with van der Waals surface area (Å²) < 4.78 is 16.6. The van der Waals surface area contributed by atoms with Crippen molar-refractivity contribution >= 4 is 28.8 Å². The molecule has 0 aliphatic rings. The molecule has 2 N–H and O–H groups in total. The SMILES string of the molecule is COc1ccc(C(=O)NCCC(=O)NN=Cc2ccc(OCc3cccc4ccccc34)c(OC)c2)cc1. The lowest BCUT2D eigenvalue weighted by Crippen LogP contribution is -2.29. The third kappa shape index (κ3) is 6.88. The van der Waals surface area contributed by atoms with E-state index >= 15 is 0 Å². The molecule has 0 heterocycles. The summed E-state index contributed by atoms with van der Waals surface area (Å²) >= 11 is 0. The van der Waals surface area contributed by atoms with Crippen molar-refractivity contribution in [3.05, 3.63) is 102 Å². The summed E-state index contributed by atoms with van der Waals surface area (Å²) in [5.74, 6) is 1.24. The first-order valence-corrected chi connectivity index (χ1v) is 12.1. The van der Waals surface area contributed by atoms with Gasteiger partial charge in [-0.3, -0.25) is 9.59 Å². The van der Waals surface area contributed by atoms with Crippen molar-refractivity contribution < 1.29 is 23.8 Å². The molecule has 0 saturated carbocycles. The number of hydrogen-bond acceptors (Lipinski definition) is 6. The van der Waals surface area contributed by atoms with Gasteiger partial charge in [0.05, 0.1) is 20.4 Å². The minimum Gasteiger partial charge on any atom is -0.497 e. The minimum absolute atomic E-state index is 0.0868. The molecule has 0 spiro atoms. The lowest BCUT2D eigenvalue weighted by molar-refractivity contribution is -0.120. The number of ether oxygens (including phenoxy) is 3. The number of rotatable bonds is 11. The number of carbonyl (C=O) groups is 2.